The summed E-state index contributed by atoms with van der Waals surface area (Å²) in [7, 11) is 1.47. The average Bonchev–Trinajstić information content (AvgIpc) is 3.07. The van der Waals surface area contributed by atoms with Crippen molar-refractivity contribution in [2.75, 3.05) is 20.3 Å². The zero-order chi connectivity index (χ0) is 12.3. The van der Waals surface area contributed by atoms with Crippen molar-refractivity contribution in [1.29, 1.82) is 0 Å². The minimum atomic E-state index is -0.0858. The molecule has 0 bridgehead atoms. The summed E-state index contributed by atoms with van der Waals surface area (Å²) in [6, 6.07) is 0.475. The van der Waals surface area contributed by atoms with Crippen LogP contribution in [0.25, 0.3) is 0 Å². The molecule has 98 valence electrons. The molecule has 0 heterocycles. The number of nitrogens with zero attached hydrogens (tertiary/aromatic N) is 1. The number of carbonyl (C=O) groups is 1. The van der Waals surface area contributed by atoms with Crippen LogP contribution in [0.3, 0.4) is 0 Å². The zero-order valence-electron chi connectivity index (χ0n) is 10.6. The SMILES string of the molecule is COC(=O)C(C1CC1)N(CCCO)C1CCC1. The van der Waals surface area contributed by atoms with Crippen molar-refractivity contribution >= 4 is 5.97 Å². The smallest absolute Gasteiger partial charge is 0.323 e. The number of rotatable bonds is 7. The van der Waals surface area contributed by atoms with E-state index in [-0.39, 0.29) is 18.6 Å². The number of hydrogen-bond donors (Lipinski definition) is 1. The molecule has 2 saturated carbocycles. The second kappa shape index (κ2) is 5.83. The fraction of sp³-hybridized carbons (Fsp3) is 0.923. The Balaban J connectivity index is 2.01. The highest BCUT2D eigenvalue weighted by Crippen LogP contribution is 2.39. The third-order valence-electron chi connectivity index (χ3n) is 3.99. The second-order valence-corrected chi connectivity index (χ2v) is 5.21. The molecule has 17 heavy (non-hydrogen) atoms. The van der Waals surface area contributed by atoms with Crippen LogP contribution in [0.4, 0.5) is 0 Å². The molecule has 2 aliphatic rings. The molecule has 0 aliphatic heterocycles. The number of hydrogen-bond acceptors (Lipinski definition) is 4. The van der Waals surface area contributed by atoms with E-state index < -0.39 is 0 Å². The summed E-state index contributed by atoms with van der Waals surface area (Å²) < 4.78 is 4.95. The summed E-state index contributed by atoms with van der Waals surface area (Å²) in [5.74, 6) is 0.402. The maximum absolute atomic E-state index is 11.9. The molecule has 1 N–H and O–H groups in total. The first-order valence-electron chi connectivity index (χ1n) is 6.72. The predicted molar refractivity (Wildman–Crippen MR) is 64.6 cm³/mol. The van der Waals surface area contributed by atoms with E-state index >= 15 is 0 Å². The highest BCUT2D eigenvalue weighted by Gasteiger charge is 2.44. The standard InChI is InChI=1S/C13H23NO3/c1-17-13(16)12(10-6-7-10)14(8-3-9-15)11-4-2-5-11/h10-12,15H,2-9H2,1H3. The van der Waals surface area contributed by atoms with E-state index in [2.05, 4.69) is 4.90 Å². The number of carbonyl (C=O) groups excluding carboxylic acids is 1. The van der Waals surface area contributed by atoms with Crippen LogP contribution in [0.2, 0.25) is 0 Å². The first kappa shape index (κ1) is 12.8. The van der Waals surface area contributed by atoms with Crippen LogP contribution in [0.15, 0.2) is 0 Å². The fourth-order valence-corrected chi connectivity index (χ4v) is 2.65. The van der Waals surface area contributed by atoms with Crippen molar-refractivity contribution in [3.05, 3.63) is 0 Å². The molecule has 0 aromatic carbocycles. The van der Waals surface area contributed by atoms with Crippen LogP contribution in [0, 0.1) is 5.92 Å². The molecule has 2 fully saturated rings. The first-order chi connectivity index (χ1) is 8.27. The van der Waals surface area contributed by atoms with Crippen LogP contribution >= 0.6 is 0 Å². The van der Waals surface area contributed by atoms with Gasteiger partial charge < -0.3 is 9.84 Å². The van der Waals surface area contributed by atoms with Crippen LogP contribution in [0.5, 0.6) is 0 Å². The Kier molecular flexibility index (Phi) is 4.40. The van der Waals surface area contributed by atoms with Gasteiger partial charge in [0.05, 0.1) is 7.11 Å². The Bertz CT molecular complexity index is 261. The minimum Gasteiger partial charge on any atom is -0.468 e. The predicted octanol–water partition coefficient (Wildman–Crippen LogP) is 1.17. The van der Waals surface area contributed by atoms with Gasteiger partial charge >= 0.3 is 5.97 Å². The molecule has 0 amide bonds. The van der Waals surface area contributed by atoms with Crippen molar-refractivity contribution in [2.45, 2.75) is 50.6 Å². The Hall–Kier alpha value is -0.610. The van der Waals surface area contributed by atoms with E-state index in [9.17, 15) is 4.79 Å². The van der Waals surface area contributed by atoms with Crippen molar-refractivity contribution in [2.24, 2.45) is 5.92 Å². The van der Waals surface area contributed by atoms with Gasteiger partial charge in [-0.05, 0) is 38.0 Å². The Labute approximate surface area is 103 Å². The molecule has 0 saturated heterocycles. The lowest BCUT2D eigenvalue weighted by Gasteiger charge is -2.41. The van der Waals surface area contributed by atoms with Crippen molar-refractivity contribution < 1.29 is 14.6 Å². The maximum Gasteiger partial charge on any atom is 0.323 e. The third kappa shape index (κ3) is 2.99. The molecule has 0 aromatic heterocycles. The van der Waals surface area contributed by atoms with Gasteiger partial charge in [-0.2, -0.15) is 0 Å². The summed E-state index contributed by atoms with van der Waals surface area (Å²) >= 11 is 0. The molecule has 0 spiro atoms. The molecular weight excluding hydrogens is 218 g/mol. The van der Waals surface area contributed by atoms with Gasteiger partial charge in [-0.15, -0.1) is 0 Å². The van der Waals surface area contributed by atoms with Gasteiger partial charge in [-0.25, -0.2) is 0 Å². The van der Waals surface area contributed by atoms with Crippen molar-refractivity contribution in [1.82, 2.24) is 4.90 Å². The summed E-state index contributed by atoms with van der Waals surface area (Å²) in [4.78, 5) is 14.2. The van der Waals surface area contributed by atoms with Gasteiger partial charge in [0.1, 0.15) is 6.04 Å². The van der Waals surface area contributed by atoms with Gasteiger partial charge in [0.25, 0.3) is 0 Å². The quantitative estimate of drug-likeness (QED) is 0.680. The summed E-state index contributed by atoms with van der Waals surface area (Å²) in [6.45, 7) is 1.01. The van der Waals surface area contributed by atoms with Crippen LogP contribution in [-0.2, 0) is 9.53 Å². The molecule has 1 unspecified atom stereocenters. The first-order valence-corrected chi connectivity index (χ1v) is 6.72. The average molecular weight is 241 g/mol. The van der Waals surface area contributed by atoms with E-state index in [0.717, 1.165) is 25.8 Å². The third-order valence-corrected chi connectivity index (χ3v) is 3.99. The summed E-state index contributed by atoms with van der Waals surface area (Å²) in [5.41, 5.74) is 0. The Morgan fingerprint density at radius 1 is 1.41 bits per heavy atom. The maximum atomic E-state index is 11.9. The van der Waals surface area contributed by atoms with Gasteiger partial charge in [0, 0.05) is 19.2 Å². The molecule has 4 heteroatoms. The Morgan fingerprint density at radius 2 is 2.12 bits per heavy atom. The number of esters is 1. The number of aliphatic hydroxyl groups excluding tert-OH is 1. The normalized spacial score (nSPS) is 22.3. The highest BCUT2D eigenvalue weighted by molar-refractivity contribution is 5.76. The van der Waals surface area contributed by atoms with Gasteiger partial charge in [-0.1, -0.05) is 6.42 Å². The van der Waals surface area contributed by atoms with E-state index in [1.807, 2.05) is 0 Å². The largest absolute Gasteiger partial charge is 0.468 e. The van der Waals surface area contributed by atoms with E-state index in [1.165, 1.54) is 26.4 Å². The van der Waals surface area contributed by atoms with Gasteiger partial charge in [-0.3, -0.25) is 9.69 Å². The van der Waals surface area contributed by atoms with Crippen LogP contribution in [0.1, 0.15) is 38.5 Å². The lowest BCUT2D eigenvalue weighted by Crippen LogP contribution is -2.52. The highest BCUT2D eigenvalue weighted by atomic mass is 16.5. The van der Waals surface area contributed by atoms with Gasteiger partial charge in [0.15, 0.2) is 0 Å². The van der Waals surface area contributed by atoms with E-state index in [0.29, 0.717) is 12.0 Å². The van der Waals surface area contributed by atoms with Crippen molar-refractivity contribution in [3.63, 3.8) is 0 Å². The molecule has 4 nitrogen and oxygen atoms in total. The zero-order valence-corrected chi connectivity index (χ0v) is 10.6. The molecule has 0 aromatic rings. The molecule has 1 atom stereocenters. The summed E-state index contributed by atoms with van der Waals surface area (Å²) in [6.07, 6.45) is 6.66. The number of ether oxygens (including phenoxy) is 1. The number of aliphatic hydroxyl groups is 1. The van der Waals surface area contributed by atoms with Gasteiger partial charge in [0.2, 0.25) is 0 Å². The second-order valence-electron chi connectivity index (χ2n) is 5.21. The Morgan fingerprint density at radius 3 is 2.53 bits per heavy atom. The lowest BCUT2D eigenvalue weighted by molar-refractivity contribution is -0.150. The molecular formula is C13H23NO3. The monoisotopic (exact) mass is 241 g/mol. The van der Waals surface area contributed by atoms with Crippen molar-refractivity contribution in [3.8, 4) is 0 Å². The minimum absolute atomic E-state index is 0.0585. The van der Waals surface area contributed by atoms with E-state index in [1.54, 1.807) is 0 Å². The lowest BCUT2D eigenvalue weighted by atomic mass is 9.89. The number of methoxy groups -OCH3 is 1. The summed E-state index contributed by atoms with van der Waals surface area (Å²) in [5, 5.41) is 8.98. The topological polar surface area (TPSA) is 49.8 Å². The van der Waals surface area contributed by atoms with Crippen LogP contribution in [-0.4, -0.2) is 48.3 Å². The molecule has 0 radical (unpaired) electrons. The molecule has 2 aliphatic carbocycles. The molecule has 2 rings (SSSR count). The van der Waals surface area contributed by atoms with E-state index in [4.69, 9.17) is 9.84 Å². The van der Waals surface area contributed by atoms with Crippen LogP contribution < -0.4 is 0 Å². The fourth-order valence-electron chi connectivity index (χ4n) is 2.65.